The Bertz CT molecular complexity index is 756. The summed E-state index contributed by atoms with van der Waals surface area (Å²) in [5.41, 5.74) is 0.828. The normalized spacial score (nSPS) is 17.7. The second-order valence-electron chi connectivity index (χ2n) is 5.60. The Balaban J connectivity index is 1.68. The van der Waals surface area contributed by atoms with Gasteiger partial charge in [-0.1, -0.05) is 17.7 Å². The molecule has 0 aromatic heterocycles. The van der Waals surface area contributed by atoms with Crippen LogP contribution in [-0.2, 0) is 4.79 Å². The molecule has 1 N–H and O–H groups in total. The van der Waals surface area contributed by atoms with Gasteiger partial charge in [0.25, 0.3) is 5.91 Å². The minimum absolute atomic E-state index is 0.199. The predicted octanol–water partition coefficient (Wildman–Crippen LogP) is 4.60. The first-order valence-corrected chi connectivity index (χ1v) is 9.04. The zero-order valence-electron chi connectivity index (χ0n) is 13.1. The van der Waals surface area contributed by atoms with Gasteiger partial charge in [-0.3, -0.25) is 4.79 Å². The molecule has 1 aliphatic rings. The van der Waals surface area contributed by atoms with E-state index in [1.54, 1.807) is 49.0 Å². The van der Waals surface area contributed by atoms with Gasteiger partial charge < -0.3 is 10.1 Å². The Hall–Kier alpha value is -1.72. The van der Waals surface area contributed by atoms with Crippen LogP contribution in [0.1, 0.15) is 24.9 Å². The number of nitrogens with one attached hydrogen (secondary N) is 1. The molecule has 0 saturated heterocycles. The van der Waals surface area contributed by atoms with Gasteiger partial charge in [0.15, 0.2) is 6.10 Å². The zero-order valence-corrected chi connectivity index (χ0v) is 14.7. The van der Waals surface area contributed by atoms with E-state index in [4.69, 9.17) is 16.3 Å². The van der Waals surface area contributed by atoms with Crippen molar-refractivity contribution in [3.05, 3.63) is 58.9 Å². The van der Waals surface area contributed by atoms with Crippen molar-refractivity contribution in [3.63, 3.8) is 0 Å². The van der Waals surface area contributed by atoms with Crippen molar-refractivity contribution in [3.8, 4) is 5.75 Å². The van der Waals surface area contributed by atoms with Crippen molar-refractivity contribution in [2.75, 3.05) is 5.75 Å². The van der Waals surface area contributed by atoms with Crippen LogP contribution in [0.25, 0.3) is 0 Å². The number of hydrogen-bond acceptors (Lipinski definition) is 3. The highest BCUT2D eigenvalue weighted by Crippen LogP contribution is 2.36. The summed E-state index contributed by atoms with van der Waals surface area (Å²) < 4.78 is 19.2. The lowest BCUT2D eigenvalue weighted by Gasteiger charge is -2.27. The summed E-state index contributed by atoms with van der Waals surface area (Å²) in [5.74, 6) is 0.893. The third-order valence-corrected chi connectivity index (χ3v) is 5.16. The Morgan fingerprint density at radius 1 is 1.38 bits per heavy atom. The van der Waals surface area contributed by atoms with Crippen molar-refractivity contribution < 1.29 is 13.9 Å². The highest BCUT2D eigenvalue weighted by atomic mass is 35.5. The van der Waals surface area contributed by atoms with Gasteiger partial charge >= 0.3 is 0 Å². The van der Waals surface area contributed by atoms with Gasteiger partial charge in [0.05, 0.1) is 6.04 Å². The van der Waals surface area contributed by atoms with Crippen molar-refractivity contribution in [1.29, 1.82) is 0 Å². The lowest BCUT2D eigenvalue weighted by atomic mass is 10.0. The molecule has 0 aliphatic carbocycles. The summed E-state index contributed by atoms with van der Waals surface area (Å²) in [5, 5.41) is 3.51. The molecule has 2 atom stereocenters. The molecule has 126 valence electrons. The molecule has 3 nitrogen and oxygen atoms in total. The number of amides is 1. The molecule has 0 spiro atoms. The minimum atomic E-state index is -0.671. The first-order valence-electron chi connectivity index (χ1n) is 7.68. The molecule has 6 heteroatoms. The van der Waals surface area contributed by atoms with E-state index in [2.05, 4.69) is 5.32 Å². The molecule has 1 aliphatic heterocycles. The van der Waals surface area contributed by atoms with Crippen LogP contribution in [0.4, 0.5) is 4.39 Å². The van der Waals surface area contributed by atoms with Gasteiger partial charge in [0, 0.05) is 15.7 Å². The smallest absolute Gasteiger partial charge is 0.261 e. The molecule has 2 unspecified atom stereocenters. The molecule has 1 amide bonds. The lowest BCUT2D eigenvalue weighted by Crippen LogP contribution is -2.39. The van der Waals surface area contributed by atoms with E-state index < -0.39 is 6.10 Å². The van der Waals surface area contributed by atoms with Crippen molar-refractivity contribution in [2.45, 2.75) is 30.4 Å². The molecule has 3 rings (SSSR count). The Kier molecular flexibility index (Phi) is 5.31. The van der Waals surface area contributed by atoms with Crippen LogP contribution in [0, 0.1) is 5.82 Å². The monoisotopic (exact) mass is 365 g/mol. The summed E-state index contributed by atoms with van der Waals surface area (Å²) in [6, 6.07) is 11.4. The van der Waals surface area contributed by atoms with Crippen molar-refractivity contribution in [1.82, 2.24) is 5.32 Å². The summed E-state index contributed by atoms with van der Waals surface area (Å²) in [6.07, 6.45) is 0.0894. The van der Waals surface area contributed by atoms with Gasteiger partial charge in [0.2, 0.25) is 0 Å². The number of carbonyl (C=O) groups excluding carboxylic acids is 1. The van der Waals surface area contributed by atoms with E-state index in [1.165, 1.54) is 12.1 Å². The summed E-state index contributed by atoms with van der Waals surface area (Å²) in [7, 11) is 0. The molecule has 0 radical (unpaired) electrons. The van der Waals surface area contributed by atoms with E-state index in [0.717, 1.165) is 22.6 Å². The molecule has 2 aromatic rings. The number of rotatable bonds is 4. The molecule has 0 fully saturated rings. The summed E-state index contributed by atoms with van der Waals surface area (Å²) in [6.45, 7) is 1.68. The van der Waals surface area contributed by atoms with E-state index in [0.29, 0.717) is 10.8 Å². The number of halogens is 2. The fourth-order valence-electron chi connectivity index (χ4n) is 2.60. The first kappa shape index (κ1) is 17.1. The third kappa shape index (κ3) is 4.02. The van der Waals surface area contributed by atoms with E-state index >= 15 is 0 Å². The molecule has 0 saturated carbocycles. The molecule has 2 aromatic carbocycles. The van der Waals surface area contributed by atoms with E-state index in [9.17, 15) is 9.18 Å². The summed E-state index contributed by atoms with van der Waals surface area (Å²) in [4.78, 5) is 13.4. The SMILES string of the molecule is CC(Oc1cccc(Cl)c1)C(=O)NC1CCSc2ccc(F)cc21. The van der Waals surface area contributed by atoms with E-state index in [1.807, 2.05) is 0 Å². The molecule has 0 bridgehead atoms. The Labute approximate surface area is 149 Å². The van der Waals surface area contributed by atoms with Gasteiger partial charge in [-0.25, -0.2) is 4.39 Å². The molecule has 1 heterocycles. The highest BCUT2D eigenvalue weighted by Gasteiger charge is 2.25. The predicted molar refractivity (Wildman–Crippen MR) is 94.2 cm³/mol. The van der Waals surface area contributed by atoms with Crippen LogP contribution in [0.5, 0.6) is 5.75 Å². The zero-order chi connectivity index (χ0) is 17.1. The second-order valence-corrected chi connectivity index (χ2v) is 7.17. The second kappa shape index (κ2) is 7.45. The topological polar surface area (TPSA) is 38.3 Å². The number of thioether (sulfide) groups is 1. The number of fused-ring (bicyclic) bond motifs is 1. The molecular weight excluding hydrogens is 349 g/mol. The van der Waals surface area contributed by atoms with E-state index in [-0.39, 0.29) is 17.8 Å². The standard InChI is InChI=1S/C18H17ClFNO2S/c1-11(23-14-4-2-3-12(19)9-14)18(22)21-16-7-8-24-17-6-5-13(20)10-15(16)17/h2-6,9-11,16H,7-8H2,1H3,(H,21,22). The van der Waals surface area contributed by atoms with Crippen molar-refractivity contribution in [2.24, 2.45) is 0 Å². The maximum Gasteiger partial charge on any atom is 0.261 e. The van der Waals surface area contributed by atoms with Crippen LogP contribution >= 0.6 is 23.4 Å². The third-order valence-electron chi connectivity index (χ3n) is 3.81. The van der Waals surface area contributed by atoms with Gasteiger partial charge in [-0.05, 0) is 55.3 Å². The number of ether oxygens (including phenoxy) is 1. The highest BCUT2D eigenvalue weighted by molar-refractivity contribution is 7.99. The maximum atomic E-state index is 13.5. The van der Waals surface area contributed by atoms with Gasteiger partial charge in [-0.15, -0.1) is 11.8 Å². The Morgan fingerprint density at radius 2 is 2.21 bits per heavy atom. The summed E-state index contributed by atoms with van der Waals surface area (Å²) >= 11 is 7.59. The quantitative estimate of drug-likeness (QED) is 0.860. The number of benzene rings is 2. The first-order chi connectivity index (χ1) is 11.5. The average Bonchev–Trinajstić information content (AvgIpc) is 2.55. The minimum Gasteiger partial charge on any atom is -0.481 e. The largest absolute Gasteiger partial charge is 0.481 e. The Morgan fingerprint density at radius 3 is 3.00 bits per heavy atom. The van der Waals surface area contributed by atoms with Crippen molar-refractivity contribution >= 4 is 29.3 Å². The van der Waals surface area contributed by atoms with Gasteiger partial charge in [-0.2, -0.15) is 0 Å². The van der Waals surface area contributed by atoms with Crippen LogP contribution in [-0.4, -0.2) is 17.8 Å². The molecule has 24 heavy (non-hydrogen) atoms. The van der Waals surface area contributed by atoms with Gasteiger partial charge in [0.1, 0.15) is 11.6 Å². The van der Waals surface area contributed by atoms with Crippen LogP contribution in [0.2, 0.25) is 5.02 Å². The average molecular weight is 366 g/mol. The fourth-order valence-corrected chi connectivity index (χ4v) is 3.89. The lowest BCUT2D eigenvalue weighted by molar-refractivity contribution is -0.128. The molecular formula is C18H17ClFNO2S. The van der Waals surface area contributed by atoms with Crippen LogP contribution < -0.4 is 10.1 Å². The number of carbonyl (C=O) groups is 1. The van der Waals surface area contributed by atoms with Crippen LogP contribution in [0.15, 0.2) is 47.4 Å². The van der Waals surface area contributed by atoms with Crippen LogP contribution in [0.3, 0.4) is 0 Å². The fraction of sp³-hybridized carbons (Fsp3) is 0.278. The number of hydrogen-bond donors (Lipinski definition) is 1. The maximum absolute atomic E-state index is 13.5.